The minimum Gasteiger partial charge on any atom is -0.462 e. The number of ether oxygens (including phenoxy) is 2. The number of phosphoric ester groups is 1. The van der Waals surface area contributed by atoms with Crippen LogP contribution >= 0.6 is 7.82 Å². The number of nitrogens with two attached hydrogens (primary N) is 1. The Hall–Kier alpha value is -2.29. The van der Waals surface area contributed by atoms with E-state index in [-0.39, 0.29) is 32.6 Å². The van der Waals surface area contributed by atoms with Gasteiger partial charge in [0.15, 0.2) is 6.10 Å². The van der Waals surface area contributed by atoms with Crippen molar-refractivity contribution in [3.63, 3.8) is 0 Å². The van der Waals surface area contributed by atoms with Gasteiger partial charge in [-0.2, -0.15) is 0 Å². The largest absolute Gasteiger partial charge is 0.472 e. The van der Waals surface area contributed by atoms with E-state index in [0.717, 1.165) is 44.9 Å². The summed E-state index contributed by atoms with van der Waals surface area (Å²) < 4.78 is 32.6. The molecule has 3 N–H and O–H groups in total. The van der Waals surface area contributed by atoms with Crippen LogP contribution in [0, 0.1) is 0 Å². The highest BCUT2D eigenvalue weighted by Gasteiger charge is 2.25. The molecule has 0 fully saturated rings. The van der Waals surface area contributed by atoms with Gasteiger partial charge in [0.05, 0.1) is 13.2 Å². The molecule has 0 spiro atoms. The Balaban J connectivity index is 4.32. The van der Waals surface area contributed by atoms with E-state index in [1.165, 1.54) is 89.9 Å². The molecule has 0 aromatic rings. The first-order valence-electron chi connectivity index (χ1n) is 20.8. The van der Waals surface area contributed by atoms with Crippen molar-refractivity contribution < 1.29 is 37.6 Å². The Labute approximate surface area is 323 Å². The molecular weight excluding hydrogens is 689 g/mol. The van der Waals surface area contributed by atoms with Crippen LogP contribution in [0.3, 0.4) is 0 Å². The van der Waals surface area contributed by atoms with Crippen molar-refractivity contribution >= 4 is 19.8 Å². The van der Waals surface area contributed by atoms with Gasteiger partial charge in [0, 0.05) is 19.4 Å². The van der Waals surface area contributed by atoms with E-state index in [4.69, 9.17) is 24.3 Å². The van der Waals surface area contributed by atoms with Crippen molar-refractivity contribution in [1.82, 2.24) is 0 Å². The van der Waals surface area contributed by atoms with Gasteiger partial charge in [0.1, 0.15) is 6.61 Å². The van der Waals surface area contributed by atoms with Crippen molar-refractivity contribution in [3.8, 4) is 0 Å². The molecule has 0 bridgehead atoms. The van der Waals surface area contributed by atoms with Crippen LogP contribution in [0.2, 0.25) is 0 Å². The van der Waals surface area contributed by atoms with E-state index in [0.29, 0.717) is 6.42 Å². The van der Waals surface area contributed by atoms with Gasteiger partial charge in [-0.25, -0.2) is 4.57 Å². The van der Waals surface area contributed by atoms with Crippen LogP contribution in [-0.4, -0.2) is 49.3 Å². The first-order chi connectivity index (χ1) is 25.8. The van der Waals surface area contributed by atoms with Crippen LogP contribution in [0.5, 0.6) is 0 Å². The molecule has 10 heteroatoms. The quantitative estimate of drug-likeness (QED) is 0.0272. The second kappa shape index (κ2) is 39.4. The van der Waals surface area contributed by atoms with Crippen molar-refractivity contribution in [2.45, 2.75) is 174 Å². The van der Waals surface area contributed by atoms with Crippen LogP contribution in [0.1, 0.15) is 168 Å². The van der Waals surface area contributed by atoms with Crippen LogP contribution in [0.4, 0.5) is 0 Å². The molecule has 0 amide bonds. The maximum absolute atomic E-state index is 12.5. The summed E-state index contributed by atoms with van der Waals surface area (Å²) in [7, 11) is -4.39. The summed E-state index contributed by atoms with van der Waals surface area (Å²) in [6.07, 6.45) is 45.5. The summed E-state index contributed by atoms with van der Waals surface area (Å²) in [6, 6.07) is 0. The Morgan fingerprint density at radius 1 is 0.566 bits per heavy atom. The lowest BCUT2D eigenvalue weighted by molar-refractivity contribution is -0.161. The number of esters is 2. The van der Waals surface area contributed by atoms with Gasteiger partial charge in [0.2, 0.25) is 0 Å². The number of carbonyl (C=O) groups excluding carboxylic acids is 2. The lowest BCUT2D eigenvalue weighted by atomic mass is 10.0. The third-order valence-electron chi connectivity index (χ3n) is 8.42. The number of carbonyl (C=O) groups is 2. The normalized spacial score (nSPS) is 14.0. The fourth-order valence-electron chi connectivity index (χ4n) is 5.32. The predicted molar refractivity (Wildman–Crippen MR) is 219 cm³/mol. The molecule has 0 heterocycles. The van der Waals surface area contributed by atoms with Crippen LogP contribution in [-0.2, 0) is 32.7 Å². The van der Waals surface area contributed by atoms with Crippen molar-refractivity contribution in [1.29, 1.82) is 0 Å². The molecule has 0 rings (SSSR count). The fraction of sp³-hybridized carbons (Fsp3) is 0.721. The van der Waals surface area contributed by atoms with Gasteiger partial charge < -0.3 is 20.1 Å². The lowest BCUT2D eigenvalue weighted by Gasteiger charge is -2.19. The zero-order chi connectivity index (χ0) is 38.9. The highest BCUT2D eigenvalue weighted by Crippen LogP contribution is 2.43. The number of hydrogen-bond acceptors (Lipinski definition) is 8. The molecule has 9 nitrogen and oxygen atoms in total. The SMILES string of the molecule is CCCCC/C=C\C/C=C\C/C=C\C/C=C\C/C=C\CCC(=O)O[C@H](COC(=O)CCCCCCCCCCCCCCC)COP(=O)(O)OCCN. The van der Waals surface area contributed by atoms with Crippen molar-refractivity contribution in [2.75, 3.05) is 26.4 Å². The highest BCUT2D eigenvalue weighted by molar-refractivity contribution is 7.47. The highest BCUT2D eigenvalue weighted by atomic mass is 31.2. The Morgan fingerprint density at radius 2 is 1.02 bits per heavy atom. The van der Waals surface area contributed by atoms with Crippen molar-refractivity contribution in [3.05, 3.63) is 60.8 Å². The molecule has 2 atom stereocenters. The van der Waals surface area contributed by atoms with E-state index in [1.807, 2.05) is 12.2 Å². The average Bonchev–Trinajstić information content (AvgIpc) is 3.14. The maximum Gasteiger partial charge on any atom is 0.472 e. The number of rotatable bonds is 38. The van der Waals surface area contributed by atoms with E-state index in [1.54, 1.807) is 0 Å². The smallest absolute Gasteiger partial charge is 0.462 e. The molecule has 0 aliphatic heterocycles. The maximum atomic E-state index is 12.5. The Morgan fingerprint density at radius 3 is 1.53 bits per heavy atom. The molecule has 0 radical (unpaired) electrons. The van der Waals surface area contributed by atoms with Gasteiger partial charge in [-0.05, 0) is 51.4 Å². The molecule has 1 unspecified atom stereocenters. The lowest BCUT2D eigenvalue weighted by Crippen LogP contribution is -2.29. The van der Waals surface area contributed by atoms with E-state index in [2.05, 4.69) is 62.5 Å². The zero-order valence-electron chi connectivity index (χ0n) is 33.5. The van der Waals surface area contributed by atoms with E-state index < -0.39 is 32.5 Å². The number of allylic oxidation sites excluding steroid dienone is 10. The molecule has 0 aromatic heterocycles. The van der Waals surface area contributed by atoms with Gasteiger partial charge >= 0.3 is 19.8 Å². The molecule has 306 valence electrons. The topological polar surface area (TPSA) is 134 Å². The zero-order valence-corrected chi connectivity index (χ0v) is 34.4. The summed E-state index contributed by atoms with van der Waals surface area (Å²) in [4.78, 5) is 34.7. The van der Waals surface area contributed by atoms with Gasteiger partial charge in [-0.3, -0.25) is 18.6 Å². The second-order valence-electron chi connectivity index (χ2n) is 13.5. The van der Waals surface area contributed by atoms with Gasteiger partial charge in [-0.1, -0.05) is 164 Å². The summed E-state index contributed by atoms with van der Waals surface area (Å²) in [6.45, 7) is 3.61. The molecule has 0 aliphatic rings. The van der Waals surface area contributed by atoms with E-state index >= 15 is 0 Å². The predicted octanol–water partition coefficient (Wildman–Crippen LogP) is 11.7. The summed E-state index contributed by atoms with van der Waals surface area (Å²) >= 11 is 0. The van der Waals surface area contributed by atoms with Crippen LogP contribution in [0.15, 0.2) is 60.8 Å². The molecule has 0 saturated heterocycles. The molecular formula is C43H76NO8P. The number of hydrogen-bond donors (Lipinski definition) is 2. The van der Waals surface area contributed by atoms with Crippen LogP contribution in [0.25, 0.3) is 0 Å². The Kier molecular flexibility index (Phi) is 37.7. The standard InChI is InChI=1S/C43H76NO8P/c1-3-5-7-9-11-13-15-17-18-19-20-21-22-24-26-28-30-32-34-36-43(46)52-41(40-51-53(47,48)50-38-37-44)39-49-42(45)35-33-31-29-27-25-23-16-14-12-10-8-6-4-2/h11,13,17-18,20-21,24,26,30,32,41H,3-10,12,14-16,19,22-23,25,27-29,31,33-40,44H2,1-2H3,(H,47,48)/b13-11-,18-17-,21-20-,26-24-,32-30-/t41-/m1/s1. The monoisotopic (exact) mass is 766 g/mol. The van der Waals surface area contributed by atoms with E-state index in [9.17, 15) is 19.0 Å². The molecule has 53 heavy (non-hydrogen) atoms. The summed E-state index contributed by atoms with van der Waals surface area (Å²) in [5, 5.41) is 0. The second-order valence-corrected chi connectivity index (χ2v) is 15.0. The van der Waals surface area contributed by atoms with Crippen molar-refractivity contribution in [2.24, 2.45) is 5.73 Å². The van der Waals surface area contributed by atoms with Gasteiger partial charge in [0.25, 0.3) is 0 Å². The molecule has 0 saturated carbocycles. The first-order valence-corrected chi connectivity index (χ1v) is 22.3. The minimum absolute atomic E-state index is 0.0407. The minimum atomic E-state index is -4.39. The number of unbranched alkanes of at least 4 members (excludes halogenated alkanes) is 15. The fourth-order valence-corrected chi connectivity index (χ4v) is 6.09. The third kappa shape index (κ3) is 39.2. The molecule has 0 aliphatic carbocycles. The summed E-state index contributed by atoms with van der Waals surface area (Å²) in [5.41, 5.74) is 5.33. The Bertz CT molecular complexity index is 1050. The van der Waals surface area contributed by atoms with Gasteiger partial charge in [-0.15, -0.1) is 0 Å². The molecule has 0 aromatic carbocycles. The first kappa shape index (κ1) is 50.7. The number of phosphoric acid groups is 1. The average molecular weight is 766 g/mol. The summed E-state index contributed by atoms with van der Waals surface area (Å²) in [5.74, 6) is -0.926. The third-order valence-corrected chi connectivity index (χ3v) is 9.40. The van der Waals surface area contributed by atoms with Crippen LogP contribution < -0.4 is 5.73 Å².